The molecule has 0 aliphatic rings. The van der Waals surface area contributed by atoms with Gasteiger partial charge in [-0.15, -0.1) is 5.10 Å². The number of thioether (sulfide) groups is 1. The van der Waals surface area contributed by atoms with Gasteiger partial charge in [0.1, 0.15) is 0 Å². The van der Waals surface area contributed by atoms with Crippen LogP contribution in [0.5, 0.6) is 0 Å². The van der Waals surface area contributed by atoms with Gasteiger partial charge in [-0.2, -0.15) is 4.98 Å². The maximum atomic E-state index is 12.0. The van der Waals surface area contributed by atoms with E-state index in [1.54, 1.807) is 6.92 Å². The average molecular weight is 342 g/mol. The molecule has 0 unspecified atom stereocenters. The van der Waals surface area contributed by atoms with Crippen molar-refractivity contribution in [3.63, 3.8) is 0 Å². The third-order valence-electron chi connectivity index (χ3n) is 2.25. The molecule has 2 aromatic rings. The number of hydrogen-bond acceptors (Lipinski definition) is 5. The maximum absolute atomic E-state index is 12.0. The first kappa shape index (κ1) is 13.9. The van der Waals surface area contributed by atoms with E-state index in [4.69, 9.17) is 5.73 Å². The summed E-state index contributed by atoms with van der Waals surface area (Å²) in [6, 6.07) is 7.38. The molecular formula is C11H12BrN5OS. The number of nitrogens with zero attached hydrogens (tertiary/aromatic N) is 2. The van der Waals surface area contributed by atoms with Gasteiger partial charge in [0.15, 0.2) is 0 Å². The Balaban J connectivity index is 1.94. The number of rotatable bonds is 4. The van der Waals surface area contributed by atoms with Crippen LogP contribution in [0, 0.1) is 0 Å². The van der Waals surface area contributed by atoms with Crippen LogP contribution in [0.4, 0.5) is 11.6 Å². The molecule has 1 amide bonds. The number of nitrogen functional groups attached to an aromatic ring is 1. The molecule has 6 nitrogen and oxygen atoms in total. The van der Waals surface area contributed by atoms with E-state index >= 15 is 0 Å². The Morgan fingerprint density at radius 1 is 1.47 bits per heavy atom. The highest BCUT2D eigenvalue weighted by atomic mass is 79.9. The molecule has 0 radical (unpaired) electrons. The van der Waals surface area contributed by atoms with Crippen LogP contribution in [-0.2, 0) is 4.79 Å². The lowest BCUT2D eigenvalue weighted by molar-refractivity contribution is -0.115. The Hall–Kier alpha value is -1.54. The van der Waals surface area contributed by atoms with Gasteiger partial charge in [0.25, 0.3) is 0 Å². The normalized spacial score (nSPS) is 12.1. The minimum atomic E-state index is -0.321. The van der Waals surface area contributed by atoms with Crippen molar-refractivity contribution in [2.45, 2.75) is 17.3 Å². The van der Waals surface area contributed by atoms with Crippen molar-refractivity contribution in [2.75, 3.05) is 11.1 Å². The smallest absolute Gasteiger partial charge is 0.237 e. The first-order valence-corrected chi connectivity index (χ1v) is 7.13. The molecule has 1 aromatic carbocycles. The van der Waals surface area contributed by atoms with E-state index in [0.717, 1.165) is 10.2 Å². The third-order valence-corrected chi connectivity index (χ3v) is 3.74. The molecule has 0 fully saturated rings. The topological polar surface area (TPSA) is 96.7 Å². The molecular weight excluding hydrogens is 330 g/mol. The third kappa shape index (κ3) is 3.97. The van der Waals surface area contributed by atoms with Gasteiger partial charge in [0.2, 0.25) is 17.0 Å². The van der Waals surface area contributed by atoms with Crippen LogP contribution in [0.1, 0.15) is 6.92 Å². The summed E-state index contributed by atoms with van der Waals surface area (Å²) in [5.74, 6) is 0.124. The summed E-state index contributed by atoms with van der Waals surface area (Å²) in [6.07, 6.45) is 0. The molecule has 0 saturated heterocycles. The minimum Gasteiger partial charge on any atom is -0.368 e. The van der Waals surface area contributed by atoms with Crippen molar-refractivity contribution < 1.29 is 4.79 Å². The summed E-state index contributed by atoms with van der Waals surface area (Å²) >= 11 is 4.58. The predicted molar refractivity (Wildman–Crippen MR) is 78.9 cm³/mol. The summed E-state index contributed by atoms with van der Waals surface area (Å²) in [4.78, 5) is 15.9. The molecule has 1 atom stereocenters. The Morgan fingerprint density at radius 2 is 2.16 bits per heavy atom. The SMILES string of the molecule is C[C@H](Sc1n[nH]c(N)n1)C(=O)Nc1ccc(Br)cc1. The zero-order chi connectivity index (χ0) is 13.8. The number of aromatic amines is 1. The largest absolute Gasteiger partial charge is 0.368 e. The fourth-order valence-electron chi connectivity index (χ4n) is 1.30. The molecule has 2 rings (SSSR count). The van der Waals surface area contributed by atoms with Gasteiger partial charge in [-0.3, -0.25) is 4.79 Å². The van der Waals surface area contributed by atoms with Gasteiger partial charge >= 0.3 is 0 Å². The van der Waals surface area contributed by atoms with Crippen LogP contribution in [0.25, 0.3) is 0 Å². The number of nitrogens with one attached hydrogen (secondary N) is 2. The van der Waals surface area contributed by atoms with Gasteiger partial charge in [0, 0.05) is 10.2 Å². The Labute approximate surface area is 122 Å². The van der Waals surface area contributed by atoms with Crippen LogP contribution in [0.3, 0.4) is 0 Å². The van der Waals surface area contributed by atoms with Gasteiger partial charge in [0.05, 0.1) is 5.25 Å². The zero-order valence-electron chi connectivity index (χ0n) is 10.1. The minimum absolute atomic E-state index is 0.115. The Kier molecular flexibility index (Phi) is 4.43. The highest BCUT2D eigenvalue weighted by Gasteiger charge is 2.16. The standard InChI is InChI=1S/C11H12BrN5OS/c1-6(19-11-15-10(13)16-17-11)9(18)14-8-4-2-7(12)3-5-8/h2-6H,1H3,(H,14,18)(H3,13,15,16,17)/t6-/m0/s1. The molecule has 4 N–H and O–H groups in total. The van der Waals surface area contributed by atoms with Gasteiger partial charge < -0.3 is 11.1 Å². The first-order valence-electron chi connectivity index (χ1n) is 5.45. The Bertz CT molecular complexity index is 571. The quantitative estimate of drug-likeness (QED) is 0.741. The van der Waals surface area contributed by atoms with E-state index in [0.29, 0.717) is 5.16 Å². The summed E-state index contributed by atoms with van der Waals surface area (Å²) in [6.45, 7) is 1.78. The molecule has 0 aliphatic heterocycles. The van der Waals surface area contributed by atoms with E-state index < -0.39 is 0 Å². The number of carbonyl (C=O) groups is 1. The lowest BCUT2D eigenvalue weighted by Crippen LogP contribution is -2.22. The van der Waals surface area contributed by atoms with Crippen LogP contribution >= 0.6 is 27.7 Å². The lowest BCUT2D eigenvalue weighted by Gasteiger charge is -2.10. The Morgan fingerprint density at radius 3 is 2.74 bits per heavy atom. The number of halogens is 1. The molecule has 100 valence electrons. The molecule has 19 heavy (non-hydrogen) atoms. The molecule has 1 aromatic heterocycles. The second-order valence-corrected chi connectivity index (χ2v) is 5.98. The van der Waals surface area contributed by atoms with Gasteiger partial charge in [-0.05, 0) is 31.2 Å². The number of nitrogens with two attached hydrogens (primary N) is 1. The second kappa shape index (κ2) is 6.07. The highest BCUT2D eigenvalue weighted by molar-refractivity contribution is 9.10. The highest BCUT2D eigenvalue weighted by Crippen LogP contribution is 2.21. The molecule has 0 spiro atoms. The van der Waals surface area contributed by atoms with Crippen molar-refractivity contribution in [2.24, 2.45) is 0 Å². The van der Waals surface area contributed by atoms with Crippen molar-refractivity contribution in [3.8, 4) is 0 Å². The van der Waals surface area contributed by atoms with Crippen molar-refractivity contribution in [1.29, 1.82) is 0 Å². The van der Waals surface area contributed by atoms with Crippen molar-refractivity contribution in [3.05, 3.63) is 28.7 Å². The van der Waals surface area contributed by atoms with Crippen molar-refractivity contribution >= 4 is 45.2 Å². The number of carbonyl (C=O) groups excluding carboxylic acids is 1. The molecule has 0 saturated carbocycles. The number of H-pyrrole nitrogens is 1. The van der Waals surface area contributed by atoms with Gasteiger partial charge in [-0.25, -0.2) is 5.10 Å². The zero-order valence-corrected chi connectivity index (χ0v) is 12.5. The van der Waals surface area contributed by atoms with E-state index in [-0.39, 0.29) is 17.1 Å². The van der Waals surface area contributed by atoms with E-state index in [1.807, 2.05) is 24.3 Å². The van der Waals surface area contributed by atoms with Crippen LogP contribution in [0.15, 0.2) is 33.9 Å². The van der Waals surface area contributed by atoms with E-state index in [2.05, 4.69) is 36.4 Å². The summed E-state index contributed by atoms with van der Waals surface area (Å²) in [5, 5.41) is 9.35. The molecule has 1 heterocycles. The summed E-state index contributed by atoms with van der Waals surface area (Å²) < 4.78 is 0.962. The lowest BCUT2D eigenvalue weighted by atomic mass is 10.3. The molecule has 8 heteroatoms. The van der Waals surface area contributed by atoms with Crippen LogP contribution < -0.4 is 11.1 Å². The summed E-state index contributed by atoms with van der Waals surface area (Å²) in [7, 11) is 0. The fourth-order valence-corrected chi connectivity index (χ4v) is 2.30. The fraction of sp³-hybridized carbons (Fsp3) is 0.182. The summed E-state index contributed by atoms with van der Waals surface area (Å²) in [5.41, 5.74) is 6.17. The molecule has 0 aliphatic carbocycles. The predicted octanol–water partition coefficient (Wildman–Crippen LogP) is 2.27. The second-order valence-electron chi connectivity index (χ2n) is 3.76. The molecule has 0 bridgehead atoms. The number of benzene rings is 1. The van der Waals surface area contributed by atoms with Crippen molar-refractivity contribution in [1.82, 2.24) is 15.2 Å². The number of anilines is 2. The maximum Gasteiger partial charge on any atom is 0.237 e. The average Bonchev–Trinajstić information content (AvgIpc) is 2.77. The number of aromatic nitrogens is 3. The monoisotopic (exact) mass is 341 g/mol. The van der Waals surface area contributed by atoms with E-state index in [1.165, 1.54) is 11.8 Å². The van der Waals surface area contributed by atoms with Crippen LogP contribution in [0.2, 0.25) is 0 Å². The number of amides is 1. The van der Waals surface area contributed by atoms with Crippen LogP contribution in [-0.4, -0.2) is 26.3 Å². The van der Waals surface area contributed by atoms with Gasteiger partial charge in [-0.1, -0.05) is 27.7 Å². The van der Waals surface area contributed by atoms with E-state index in [9.17, 15) is 4.79 Å². The number of hydrogen-bond donors (Lipinski definition) is 3. The first-order chi connectivity index (χ1) is 9.04.